The minimum absolute atomic E-state index is 0.315. The Balaban J connectivity index is 2.29. The molecule has 0 spiro atoms. The van der Waals surface area contributed by atoms with Crippen molar-refractivity contribution in [1.29, 1.82) is 5.26 Å². The Morgan fingerprint density at radius 1 is 1.11 bits per heavy atom. The Kier molecular flexibility index (Phi) is 3.72. The predicted octanol–water partition coefficient (Wildman–Crippen LogP) is 3.80. The summed E-state index contributed by atoms with van der Waals surface area (Å²) < 4.78 is 13.1. The van der Waals surface area contributed by atoms with Gasteiger partial charge in [-0.2, -0.15) is 5.26 Å². The number of nitrogens with zero attached hydrogens (tertiary/aromatic N) is 1. The molecule has 0 atom stereocenters. The summed E-state index contributed by atoms with van der Waals surface area (Å²) in [5.74, 6) is -0.315. The van der Waals surface area contributed by atoms with Crippen LogP contribution < -0.4 is 5.32 Å². The van der Waals surface area contributed by atoms with Crippen molar-refractivity contribution in [3.8, 4) is 6.07 Å². The van der Waals surface area contributed by atoms with Crippen LogP contribution in [-0.4, -0.2) is 0 Å². The zero-order chi connectivity index (χ0) is 12.8. The molecule has 0 bridgehead atoms. The Bertz CT molecular complexity index is 597. The van der Waals surface area contributed by atoms with Crippen LogP contribution in [0, 0.1) is 17.1 Å². The zero-order valence-electron chi connectivity index (χ0n) is 9.60. The van der Waals surface area contributed by atoms with Gasteiger partial charge in [0.05, 0.1) is 11.8 Å². The van der Waals surface area contributed by atoms with Gasteiger partial charge in [0.2, 0.25) is 0 Å². The first kappa shape index (κ1) is 11.9. The first-order valence-electron chi connectivity index (χ1n) is 5.47. The van der Waals surface area contributed by atoms with Crippen LogP contribution in [0.2, 0.25) is 0 Å². The van der Waals surface area contributed by atoms with Crippen LogP contribution in [0.3, 0.4) is 0 Å². The van der Waals surface area contributed by atoms with Crippen LogP contribution in [0.1, 0.15) is 5.56 Å². The monoisotopic (exact) mass is 238 g/mol. The molecule has 2 aromatic rings. The Labute approximate surface area is 105 Å². The molecule has 2 nitrogen and oxygen atoms in total. The van der Waals surface area contributed by atoms with E-state index in [9.17, 15) is 4.39 Å². The van der Waals surface area contributed by atoms with Gasteiger partial charge in [0.1, 0.15) is 5.82 Å². The molecule has 0 heterocycles. The maximum absolute atomic E-state index is 13.1. The lowest BCUT2D eigenvalue weighted by Crippen LogP contribution is -1.98. The van der Waals surface area contributed by atoms with E-state index in [0.717, 1.165) is 5.56 Å². The van der Waals surface area contributed by atoms with Gasteiger partial charge in [-0.3, -0.25) is 0 Å². The third-order valence-corrected chi connectivity index (χ3v) is 2.40. The maximum atomic E-state index is 13.1. The van der Waals surface area contributed by atoms with Crippen molar-refractivity contribution < 1.29 is 4.39 Å². The van der Waals surface area contributed by atoms with Crippen LogP contribution in [0.5, 0.6) is 0 Å². The molecule has 88 valence electrons. The molecule has 2 rings (SSSR count). The number of nitrogens with one attached hydrogen (secondary N) is 1. The molecule has 0 saturated carbocycles. The van der Waals surface area contributed by atoms with Gasteiger partial charge in [-0.15, -0.1) is 0 Å². The second-order valence-corrected chi connectivity index (χ2v) is 3.69. The Morgan fingerprint density at radius 2 is 1.89 bits per heavy atom. The maximum Gasteiger partial charge on any atom is 0.125 e. The molecule has 0 fully saturated rings. The second-order valence-electron chi connectivity index (χ2n) is 3.69. The van der Waals surface area contributed by atoms with Gasteiger partial charge in [-0.1, -0.05) is 36.4 Å². The second kappa shape index (κ2) is 5.65. The van der Waals surface area contributed by atoms with E-state index in [-0.39, 0.29) is 5.82 Å². The number of nitriles is 1. The summed E-state index contributed by atoms with van der Waals surface area (Å²) >= 11 is 0. The van der Waals surface area contributed by atoms with Crippen molar-refractivity contribution in [1.82, 2.24) is 0 Å². The highest BCUT2D eigenvalue weighted by atomic mass is 19.1. The molecule has 0 saturated heterocycles. The van der Waals surface area contributed by atoms with Gasteiger partial charge in [0.25, 0.3) is 0 Å². The first-order chi connectivity index (χ1) is 8.79. The average molecular weight is 238 g/mol. The standard InChI is InChI=1S/C15H11FN2/c16-13-7-4-8-14(11-13)18-15(9-10-17)12-5-2-1-3-6-12/h1-9,11,18H/b15-9+. The fourth-order valence-electron chi connectivity index (χ4n) is 1.60. The molecule has 2 aromatic carbocycles. The number of benzene rings is 2. The molecule has 18 heavy (non-hydrogen) atoms. The topological polar surface area (TPSA) is 35.8 Å². The van der Waals surface area contributed by atoms with E-state index in [2.05, 4.69) is 5.32 Å². The van der Waals surface area contributed by atoms with E-state index in [1.54, 1.807) is 12.1 Å². The smallest absolute Gasteiger partial charge is 0.125 e. The van der Waals surface area contributed by atoms with Crippen molar-refractivity contribution >= 4 is 11.4 Å². The molecular formula is C15H11FN2. The van der Waals surface area contributed by atoms with E-state index < -0.39 is 0 Å². The highest BCUT2D eigenvalue weighted by molar-refractivity contribution is 5.78. The van der Waals surface area contributed by atoms with E-state index in [4.69, 9.17) is 5.26 Å². The molecule has 3 heteroatoms. The van der Waals surface area contributed by atoms with Crippen molar-refractivity contribution in [2.75, 3.05) is 5.32 Å². The minimum atomic E-state index is -0.315. The molecular weight excluding hydrogens is 227 g/mol. The van der Waals surface area contributed by atoms with Crippen molar-refractivity contribution in [2.45, 2.75) is 0 Å². The third-order valence-electron chi connectivity index (χ3n) is 2.40. The van der Waals surface area contributed by atoms with E-state index in [0.29, 0.717) is 11.4 Å². The fourth-order valence-corrected chi connectivity index (χ4v) is 1.60. The summed E-state index contributed by atoms with van der Waals surface area (Å²) in [5, 5.41) is 11.8. The van der Waals surface area contributed by atoms with Crippen LogP contribution in [0.15, 0.2) is 60.7 Å². The summed E-state index contributed by atoms with van der Waals surface area (Å²) in [6, 6.07) is 17.5. The molecule has 0 aliphatic heterocycles. The van der Waals surface area contributed by atoms with E-state index >= 15 is 0 Å². The molecule has 0 aliphatic carbocycles. The summed E-state index contributed by atoms with van der Waals surface area (Å²) in [5.41, 5.74) is 2.13. The quantitative estimate of drug-likeness (QED) is 0.825. The number of hydrogen-bond acceptors (Lipinski definition) is 2. The molecule has 0 amide bonds. The van der Waals surface area contributed by atoms with E-state index in [1.165, 1.54) is 18.2 Å². The fraction of sp³-hybridized carbons (Fsp3) is 0. The molecule has 0 aliphatic rings. The van der Waals surface area contributed by atoms with Crippen molar-refractivity contribution in [2.24, 2.45) is 0 Å². The Morgan fingerprint density at radius 3 is 2.56 bits per heavy atom. The first-order valence-corrected chi connectivity index (χ1v) is 5.47. The van der Waals surface area contributed by atoms with Gasteiger partial charge in [-0.25, -0.2) is 4.39 Å². The van der Waals surface area contributed by atoms with Crippen LogP contribution >= 0.6 is 0 Å². The Hall–Kier alpha value is -2.60. The summed E-state index contributed by atoms with van der Waals surface area (Å²) in [4.78, 5) is 0. The summed E-state index contributed by atoms with van der Waals surface area (Å²) in [6.45, 7) is 0. The highest BCUT2D eigenvalue weighted by Gasteiger charge is 2.02. The summed E-state index contributed by atoms with van der Waals surface area (Å²) in [7, 11) is 0. The molecule has 0 radical (unpaired) electrons. The lowest BCUT2D eigenvalue weighted by Gasteiger charge is -2.10. The van der Waals surface area contributed by atoms with Gasteiger partial charge in [0, 0.05) is 11.8 Å². The van der Waals surface area contributed by atoms with Gasteiger partial charge in [-0.05, 0) is 23.8 Å². The van der Waals surface area contributed by atoms with Gasteiger partial charge < -0.3 is 5.32 Å². The number of halogens is 1. The number of hydrogen-bond donors (Lipinski definition) is 1. The van der Waals surface area contributed by atoms with Crippen LogP contribution in [0.4, 0.5) is 10.1 Å². The lowest BCUT2D eigenvalue weighted by atomic mass is 10.1. The zero-order valence-corrected chi connectivity index (χ0v) is 9.60. The lowest BCUT2D eigenvalue weighted by molar-refractivity contribution is 0.628. The number of rotatable bonds is 3. The number of anilines is 1. The largest absolute Gasteiger partial charge is 0.354 e. The van der Waals surface area contributed by atoms with Crippen molar-refractivity contribution in [3.05, 3.63) is 72.1 Å². The van der Waals surface area contributed by atoms with Gasteiger partial charge >= 0.3 is 0 Å². The van der Waals surface area contributed by atoms with Crippen LogP contribution in [0.25, 0.3) is 5.70 Å². The van der Waals surface area contributed by atoms with E-state index in [1.807, 2.05) is 36.4 Å². The molecule has 0 aromatic heterocycles. The summed E-state index contributed by atoms with van der Waals surface area (Å²) in [6.07, 6.45) is 1.40. The van der Waals surface area contributed by atoms with Crippen LogP contribution in [-0.2, 0) is 0 Å². The average Bonchev–Trinajstić information content (AvgIpc) is 2.39. The van der Waals surface area contributed by atoms with Crippen molar-refractivity contribution in [3.63, 3.8) is 0 Å². The normalized spacial score (nSPS) is 10.8. The van der Waals surface area contributed by atoms with Gasteiger partial charge in [0.15, 0.2) is 0 Å². The molecule has 0 unspecified atom stereocenters. The SMILES string of the molecule is N#C/C=C(/Nc1cccc(F)c1)c1ccccc1. The highest BCUT2D eigenvalue weighted by Crippen LogP contribution is 2.18. The minimum Gasteiger partial charge on any atom is -0.354 e. The molecule has 1 N–H and O–H groups in total. The third kappa shape index (κ3) is 2.96. The number of allylic oxidation sites excluding steroid dienone is 1. The predicted molar refractivity (Wildman–Crippen MR) is 70.1 cm³/mol.